The Morgan fingerprint density at radius 3 is 2.59 bits per heavy atom. The number of aryl methyl sites for hydroxylation is 1. The Labute approximate surface area is 134 Å². The Kier molecular flexibility index (Phi) is 3.35. The van der Waals surface area contributed by atoms with Crippen LogP contribution in [0.15, 0.2) is 54.6 Å². The summed E-state index contributed by atoms with van der Waals surface area (Å²) in [5.74, 6) is 0.758. The third-order valence-electron chi connectivity index (χ3n) is 5.08. The summed E-state index contributed by atoms with van der Waals surface area (Å²) in [7, 11) is 0. The molecule has 0 aromatic heterocycles. The number of carbonyl (C=O) groups excluding carboxylic acids is 1. The van der Waals surface area contributed by atoms with Gasteiger partial charge in [-0.05, 0) is 24.0 Å². The molecule has 0 bridgehead atoms. The molecule has 22 heavy (non-hydrogen) atoms. The highest BCUT2D eigenvalue weighted by atomic mass is 32.2. The molecule has 1 aliphatic carbocycles. The molecule has 1 N–H and O–H groups in total. The molecule has 2 aliphatic rings. The summed E-state index contributed by atoms with van der Waals surface area (Å²) in [6.45, 7) is 0. The van der Waals surface area contributed by atoms with Crippen molar-refractivity contribution in [3.63, 3.8) is 0 Å². The minimum atomic E-state index is -0.666. The lowest BCUT2D eigenvalue weighted by Gasteiger charge is -2.39. The van der Waals surface area contributed by atoms with Crippen molar-refractivity contribution >= 4 is 17.5 Å². The summed E-state index contributed by atoms with van der Waals surface area (Å²) in [6.07, 6.45) is 1.03. The fourth-order valence-corrected chi connectivity index (χ4v) is 5.62. The molecule has 1 heterocycles. The third kappa shape index (κ3) is 1.89. The number of benzene rings is 2. The van der Waals surface area contributed by atoms with Crippen molar-refractivity contribution in [2.75, 3.05) is 5.75 Å². The van der Waals surface area contributed by atoms with E-state index in [1.165, 1.54) is 0 Å². The first-order chi connectivity index (χ1) is 10.7. The molecule has 0 amide bonds. The van der Waals surface area contributed by atoms with Crippen LogP contribution in [0.1, 0.15) is 33.2 Å². The Morgan fingerprint density at radius 1 is 1.05 bits per heavy atom. The third-order valence-corrected chi connectivity index (χ3v) is 6.61. The molecule has 0 unspecified atom stereocenters. The van der Waals surface area contributed by atoms with Crippen molar-refractivity contribution in [3.8, 4) is 0 Å². The van der Waals surface area contributed by atoms with Crippen LogP contribution in [0.4, 0.5) is 0 Å². The highest BCUT2D eigenvalue weighted by Crippen LogP contribution is 2.58. The van der Waals surface area contributed by atoms with Crippen LogP contribution in [0.5, 0.6) is 0 Å². The fraction of sp³-hybridized carbons (Fsp3) is 0.316. The first-order valence-corrected chi connectivity index (χ1v) is 8.75. The number of Topliss-reactive ketones (excluding diaryl/α,β-unsaturated/α-hetero) is 1. The lowest BCUT2D eigenvalue weighted by atomic mass is 9.64. The van der Waals surface area contributed by atoms with Crippen molar-refractivity contribution in [2.45, 2.75) is 24.2 Å². The zero-order valence-electron chi connectivity index (χ0n) is 12.2. The van der Waals surface area contributed by atoms with Crippen LogP contribution in [0.2, 0.25) is 0 Å². The van der Waals surface area contributed by atoms with E-state index in [0.29, 0.717) is 5.75 Å². The molecular formula is C19H18O2S. The smallest absolute Gasteiger partial charge is 0.173 e. The Morgan fingerprint density at radius 2 is 1.77 bits per heavy atom. The van der Waals surface area contributed by atoms with Gasteiger partial charge in [0, 0.05) is 16.6 Å². The minimum Gasteiger partial charge on any atom is -0.391 e. The molecule has 3 heteroatoms. The van der Waals surface area contributed by atoms with Gasteiger partial charge >= 0.3 is 0 Å². The van der Waals surface area contributed by atoms with Crippen molar-refractivity contribution in [2.24, 2.45) is 5.41 Å². The lowest BCUT2D eigenvalue weighted by Crippen LogP contribution is -2.46. The first kappa shape index (κ1) is 14.0. The van der Waals surface area contributed by atoms with Crippen LogP contribution < -0.4 is 0 Å². The normalized spacial score (nSPS) is 30.5. The molecular weight excluding hydrogens is 292 g/mol. The number of rotatable bonds is 1. The van der Waals surface area contributed by atoms with E-state index in [0.717, 1.165) is 29.5 Å². The topological polar surface area (TPSA) is 37.3 Å². The zero-order chi connectivity index (χ0) is 15.2. The SMILES string of the molecule is O=C1c2ccccc2CC[C@]12[C@H](O)CS[C@H]2c1ccccc1. The number of ketones is 1. The van der Waals surface area contributed by atoms with Crippen molar-refractivity contribution in [1.29, 1.82) is 0 Å². The minimum absolute atomic E-state index is 0.0459. The summed E-state index contributed by atoms with van der Waals surface area (Å²) in [5.41, 5.74) is 2.41. The number of fused-ring (bicyclic) bond motifs is 1. The van der Waals surface area contributed by atoms with Gasteiger partial charge in [-0.1, -0.05) is 54.6 Å². The molecule has 1 spiro atoms. The molecule has 4 rings (SSSR count). The largest absolute Gasteiger partial charge is 0.391 e. The second-order valence-corrected chi connectivity index (χ2v) is 7.30. The lowest BCUT2D eigenvalue weighted by molar-refractivity contribution is 0.0325. The van der Waals surface area contributed by atoms with Crippen molar-refractivity contribution in [1.82, 2.24) is 0 Å². The van der Waals surface area contributed by atoms with E-state index >= 15 is 0 Å². The fourth-order valence-electron chi connectivity index (χ4n) is 3.91. The molecule has 2 nitrogen and oxygen atoms in total. The maximum absolute atomic E-state index is 13.3. The molecule has 1 fully saturated rings. The quantitative estimate of drug-likeness (QED) is 0.873. The number of thioether (sulfide) groups is 1. The number of aliphatic hydroxyl groups excluding tert-OH is 1. The number of hydrogen-bond donors (Lipinski definition) is 1. The molecule has 2 aromatic carbocycles. The van der Waals surface area contributed by atoms with Gasteiger partial charge in [0.15, 0.2) is 5.78 Å². The second kappa shape index (κ2) is 5.25. The zero-order valence-corrected chi connectivity index (χ0v) is 13.1. The molecule has 1 saturated heterocycles. The van der Waals surface area contributed by atoms with E-state index in [1.807, 2.05) is 42.5 Å². The average molecular weight is 310 g/mol. The van der Waals surface area contributed by atoms with Gasteiger partial charge in [0.2, 0.25) is 0 Å². The number of aliphatic hydroxyl groups is 1. The Balaban J connectivity index is 1.83. The summed E-state index contributed by atoms with van der Waals surface area (Å²) in [4.78, 5) is 13.3. The monoisotopic (exact) mass is 310 g/mol. The van der Waals surface area contributed by atoms with E-state index in [-0.39, 0.29) is 11.0 Å². The van der Waals surface area contributed by atoms with Gasteiger partial charge in [-0.3, -0.25) is 4.79 Å². The van der Waals surface area contributed by atoms with Gasteiger partial charge < -0.3 is 5.11 Å². The summed E-state index contributed by atoms with van der Waals surface area (Å²) >= 11 is 1.72. The van der Waals surface area contributed by atoms with E-state index in [2.05, 4.69) is 12.1 Å². The maximum atomic E-state index is 13.3. The number of hydrogen-bond acceptors (Lipinski definition) is 3. The summed E-state index contributed by atoms with van der Waals surface area (Å²) in [6, 6.07) is 18.0. The second-order valence-electron chi connectivity index (χ2n) is 6.17. The molecule has 0 saturated carbocycles. The molecule has 2 aromatic rings. The van der Waals surface area contributed by atoms with Gasteiger partial charge in [0.05, 0.1) is 11.5 Å². The molecule has 0 radical (unpaired) electrons. The van der Waals surface area contributed by atoms with E-state index < -0.39 is 11.5 Å². The molecule has 3 atom stereocenters. The first-order valence-electron chi connectivity index (χ1n) is 7.71. The summed E-state index contributed by atoms with van der Waals surface area (Å²) < 4.78 is 0. The van der Waals surface area contributed by atoms with Gasteiger partial charge in [0.1, 0.15) is 0 Å². The van der Waals surface area contributed by atoms with Crippen LogP contribution in [0.25, 0.3) is 0 Å². The Hall–Kier alpha value is -1.58. The van der Waals surface area contributed by atoms with E-state index in [1.54, 1.807) is 11.8 Å². The van der Waals surface area contributed by atoms with Gasteiger partial charge in [-0.2, -0.15) is 0 Å². The Bertz CT molecular complexity index is 712. The average Bonchev–Trinajstić information content (AvgIpc) is 2.90. The van der Waals surface area contributed by atoms with Gasteiger partial charge in [-0.25, -0.2) is 0 Å². The van der Waals surface area contributed by atoms with Crippen LogP contribution in [-0.2, 0) is 6.42 Å². The highest BCUT2D eigenvalue weighted by Gasteiger charge is 2.57. The van der Waals surface area contributed by atoms with Crippen molar-refractivity contribution in [3.05, 3.63) is 71.3 Å². The van der Waals surface area contributed by atoms with Crippen LogP contribution in [0.3, 0.4) is 0 Å². The predicted octanol–water partition coefficient (Wildman–Crippen LogP) is 3.65. The standard InChI is InChI=1S/C19H18O2S/c20-16-12-22-18(14-7-2-1-3-8-14)19(16)11-10-13-6-4-5-9-15(13)17(19)21/h1-9,16,18,20H,10-12H2/t16-,18+,19+/m1/s1. The highest BCUT2D eigenvalue weighted by molar-refractivity contribution is 7.99. The molecule has 1 aliphatic heterocycles. The number of carbonyl (C=O) groups is 1. The molecule has 112 valence electrons. The van der Waals surface area contributed by atoms with E-state index in [9.17, 15) is 9.90 Å². The maximum Gasteiger partial charge on any atom is 0.173 e. The van der Waals surface area contributed by atoms with Gasteiger partial charge in [-0.15, -0.1) is 11.8 Å². The summed E-state index contributed by atoms with van der Waals surface area (Å²) in [5, 5.41) is 10.7. The predicted molar refractivity (Wildman–Crippen MR) is 89.2 cm³/mol. The van der Waals surface area contributed by atoms with Crippen molar-refractivity contribution < 1.29 is 9.90 Å². The van der Waals surface area contributed by atoms with Gasteiger partial charge in [0.25, 0.3) is 0 Å². The van der Waals surface area contributed by atoms with Crippen LogP contribution >= 0.6 is 11.8 Å². The van der Waals surface area contributed by atoms with Crippen LogP contribution in [-0.4, -0.2) is 22.7 Å². The van der Waals surface area contributed by atoms with E-state index in [4.69, 9.17) is 0 Å². The van der Waals surface area contributed by atoms with Crippen LogP contribution in [0, 0.1) is 5.41 Å².